The number of rotatable bonds is 7. The Morgan fingerprint density at radius 3 is 2.54 bits per heavy atom. The summed E-state index contributed by atoms with van der Waals surface area (Å²) in [7, 11) is -4.19. The molecule has 0 radical (unpaired) electrons. The second-order valence-electron chi connectivity index (χ2n) is 5.87. The standard InChI is InChI=1S/C18H17FN4O4S/c1-12(23-28(25,26)15-10-6-5-9-14(15)19)18(24)20-11-16-21-17(22-27-16)13-7-3-2-4-8-13/h2-10,12,23H,11H2,1H3,(H,20,24)/t12-/m0/s1. The van der Waals surface area contributed by atoms with Crippen LogP contribution in [0.4, 0.5) is 4.39 Å². The third kappa shape index (κ3) is 4.59. The van der Waals surface area contributed by atoms with E-state index in [-0.39, 0.29) is 12.4 Å². The second kappa shape index (κ2) is 8.28. The van der Waals surface area contributed by atoms with Gasteiger partial charge >= 0.3 is 0 Å². The molecule has 8 nitrogen and oxygen atoms in total. The molecule has 2 N–H and O–H groups in total. The largest absolute Gasteiger partial charge is 0.346 e. The summed E-state index contributed by atoms with van der Waals surface area (Å²) in [5.74, 6) is -0.990. The van der Waals surface area contributed by atoms with Gasteiger partial charge in [0.1, 0.15) is 10.7 Å². The van der Waals surface area contributed by atoms with Crippen molar-refractivity contribution in [1.82, 2.24) is 20.2 Å². The summed E-state index contributed by atoms with van der Waals surface area (Å²) in [5, 5.41) is 6.32. The first-order valence-electron chi connectivity index (χ1n) is 8.29. The topological polar surface area (TPSA) is 114 Å². The number of halogens is 1. The van der Waals surface area contributed by atoms with Crippen molar-refractivity contribution in [2.45, 2.75) is 24.4 Å². The number of hydrogen-bond donors (Lipinski definition) is 2. The molecule has 1 heterocycles. The van der Waals surface area contributed by atoms with Crippen LogP contribution in [-0.4, -0.2) is 30.5 Å². The maximum Gasteiger partial charge on any atom is 0.246 e. The van der Waals surface area contributed by atoms with Crippen LogP contribution in [-0.2, 0) is 21.4 Å². The van der Waals surface area contributed by atoms with E-state index >= 15 is 0 Å². The Morgan fingerprint density at radius 1 is 1.14 bits per heavy atom. The van der Waals surface area contributed by atoms with Crippen LogP contribution < -0.4 is 10.0 Å². The van der Waals surface area contributed by atoms with E-state index in [9.17, 15) is 17.6 Å². The van der Waals surface area contributed by atoms with Crippen LogP contribution >= 0.6 is 0 Å². The number of benzene rings is 2. The number of carbonyl (C=O) groups is 1. The average Bonchev–Trinajstić information content (AvgIpc) is 3.15. The molecule has 0 aliphatic heterocycles. The van der Waals surface area contributed by atoms with E-state index in [4.69, 9.17) is 4.52 Å². The Hall–Kier alpha value is -3.11. The summed E-state index contributed by atoms with van der Waals surface area (Å²) in [4.78, 5) is 15.8. The number of nitrogens with one attached hydrogen (secondary N) is 2. The Morgan fingerprint density at radius 2 is 1.82 bits per heavy atom. The first kappa shape index (κ1) is 19.6. The Kier molecular flexibility index (Phi) is 5.81. The second-order valence-corrected chi connectivity index (χ2v) is 7.55. The van der Waals surface area contributed by atoms with Crippen molar-refractivity contribution in [3.8, 4) is 11.4 Å². The maximum absolute atomic E-state index is 13.7. The van der Waals surface area contributed by atoms with Gasteiger partial charge < -0.3 is 9.84 Å². The molecule has 146 valence electrons. The molecule has 0 fully saturated rings. The quantitative estimate of drug-likeness (QED) is 0.621. The number of nitrogens with zero attached hydrogens (tertiary/aromatic N) is 2. The van der Waals surface area contributed by atoms with Gasteiger partial charge in [-0.25, -0.2) is 12.8 Å². The molecule has 1 aromatic heterocycles. The smallest absolute Gasteiger partial charge is 0.246 e. The summed E-state index contributed by atoms with van der Waals surface area (Å²) in [5.41, 5.74) is 0.759. The van der Waals surface area contributed by atoms with Gasteiger partial charge in [-0.1, -0.05) is 47.6 Å². The van der Waals surface area contributed by atoms with E-state index in [2.05, 4.69) is 20.2 Å². The van der Waals surface area contributed by atoms with Crippen molar-refractivity contribution in [3.63, 3.8) is 0 Å². The SMILES string of the molecule is C[C@H](NS(=O)(=O)c1ccccc1F)C(=O)NCc1nc(-c2ccccc2)no1. The van der Waals surface area contributed by atoms with Crippen LogP contribution in [0.15, 0.2) is 64.0 Å². The van der Waals surface area contributed by atoms with Crippen molar-refractivity contribution in [2.75, 3.05) is 0 Å². The highest BCUT2D eigenvalue weighted by molar-refractivity contribution is 7.89. The molecule has 0 bridgehead atoms. The molecule has 0 saturated heterocycles. The van der Waals surface area contributed by atoms with Gasteiger partial charge in [-0.05, 0) is 19.1 Å². The molecule has 0 aliphatic carbocycles. The van der Waals surface area contributed by atoms with Crippen LogP contribution in [0.5, 0.6) is 0 Å². The number of sulfonamides is 1. The van der Waals surface area contributed by atoms with E-state index < -0.39 is 32.7 Å². The van der Waals surface area contributed by atoms with Gasteiger partial charge in [0.2, 0.25) is 27.6 Å². The predicted molar refractivity (Wildman–Crippen MR) is 97.8 cm³/mol. The maximum atomic E-state index is 13.7. The van der Waals surface area contributed by atoms with Crippen LogP contribution in [0.25, 0.3) is 11.4 Å². The minimum atomic E-state index is -4.19. The van der Waals surface area contributed by atoms with E-state index in [1.165, 1.54) is 19.1 Å². The molecule has 3 aromatic rings. The Bertz CT molecular complexity index is 1070. The normalized spacial score (nSPS) is 12.5. The lowest BCUT2D eigenvalue weighted by molar-refractivity contribution is -0.122. The number of hydrogen-bond acceptors (Lipinski definition) is 6. The van der Waals surface area contributed by atoms with Gasteiger partial charge in [0.15, 0.2) is 0 Å². The molecule has 3 rings (SSSR count). The fourth-order valence-corrected chi connectivity index (χ4v) is 3.64. The van der Waals surface area contributed by atoms with Gasteiger partial charge in [-0.3, -0.25) is 4.79 Å². The van der Waals surface area contributed by atoms with Crippen molar-refractivity contribution < 1.29 is 22.1 Å². The lowest BCUT2D eigenvalue weighted by Crippen LogP contribution is -2.44. The van der Waals surface area contributed by atoms with Gasteiger partial charge in [0.25, 0.3) is 0 Å². The molecule has 0 unspecified atom stereocenters. The molecular formula is C18H17FN4O4S. The van der Waals surface area contributed by atoms with Gasteiger partial charge in [0, 0.05) is 5.56 Å². The molecule has 28 heavy (non-hydrogen) atoms. The molecule has 1 atom stereocenters. The molecule has 0 spiro atoms. The number of amides is 1. The zero-order valence-corrected chi connectivity index (χ0v) is 15.6. The molecule has 0 aliphatic rings. The third-order valence-electron chi connectivity index (χ3n) is 3.77. The highest BCUT2D eigenvalue weighted by Gasteiger charge is 2.24. The van der Waals surface area contributed by atoms with Crippen LogP contribution in [0.3, 0.4) is 0 Å². The monoisotopic (exact) mass is 404 g/mol. The summed E-state index contributed by atoms with van der Waals surface area (Å²) in [6.45, 7) is 1.27. The minimum absolute atomic E-state index is 0.0789. The fourth-order valence-electron chi connectivity index (χ4n) is 2.36. The zero-order valence-electron chi connectivity index (χ0n) is 14.8. The highest BCUT2D eigenvalue weighted by atomic mass is 32.2. The van der Waals surface area contributed by atoms with E-state index in [0.717, 1.165) is 17.7 Å². The fraction of sp³-hybridized carbons (Fsp3) is 0.167. The molecule has 2 aromatic carbocycles. The predicted octanol–water partition coefficient (Wildman–Crippen LogP) is 1.86. The van der Waals surface area contributed by atoms with Crippen LogP contribution in [0.1, 0.15) is 12.8 Å². The van der Waals surface area contributed by atoms with E-state index in [1.807, 2.05) is 30.3 Å². The lowest BCUT2D eigenvalue weighted by Gasteiger charge is -2.14. The summed E-state index contributed by atoms with van der Waals surface area (Å²) >= 11 is 0. The van der Waals surface area contributed by atoms with Crippen LogP contribution in [0.2, 0.25) is 0 Å². The minimum Gasteiger partial charge on any atom is -0.346 e. The Labute approximate surface area is 160 Å². The summed E-state index contributed by atoms with van der Waals surface area (Å²) in [6, 6.07) is 12.9. The molecule has 1 amide bonds. The number of aromatic nitrogens is 2. The molecule has 10 heteroatoms. The molecule has 0 saturated carbocycles. The average molecular weight is 404 g/mol. The third-order valence-corrected chi connectivity index (χ3v) is 5.34. The van der Waals surface area contributed by atoms with Crippen molar-refractivity contribution in [1.29, 1.82) is 0 Å². The summed E-state index contributed by atoms with van der Waals surface area (Å²) < 4.78 is 45.4. The van der Waals surface area contributed by atoms with Gasteiger partial charge in [-0.2, -0.15) is 9.71 Å². The van der Waals surface area contributed by atoms with Gasteiger partial charge in [-0.15, -0.1) is 0 Å². The lowest BCUT2D eigenvalue weighted by atomic mass is 10.2. The molecular weight excluding hydrogens is 387 g/mol. The Balaban J connectivity index is 1.59. The number of carbonyl (C=O) groups excluding carboxylic acids is 1. The van der Waals surface area contributed by atoms with E-state index in [0.29, 0.717) is 5.82 Å². The van der Waals surface area contributed by atoms with Gasteiger partial charge in [0.05, 0.1) is 12.6 Å². The van der Waals surface area contributed by atoms with Crippen molar-refractivity contribution >= 4 is 15.9 Å². The summed E-state index contributed by atoms with van der Waals surface area (Å²) in [6.07, 6.45) is 0. The first-order chi connectivity index (χ1) is 13.4. The van der Waals surface area contributed by atoms with Crippen LogP contribution in [0, 0.1) is 5.82 Å². The first-order valence-corrected chi connectivity index (χ1v) is 9.78. The van der Waals surface area contributed by atoms with Crippen molar-refractivity contribution in [3.05, 3.63) is 66.3 Å². The van der Waals surface area contributed by atoms with Crippen molar-refractivity contribution in [2.24, 2.45) is 0 Å². The highest BCUT2D eigenvalue weighted by Crippen LogP contribution is 2.15. The van der Waals surface area contributed by atoms with E-state index in [1.54, 1.807) is 0 Å². The zero-order chi connectivity index (χ0) is 20.1.